The number of rotatable bonds is 6. The molecule has 0 aliphatic carbocycles. The fraction of sp³-hybridized carbons (Fsp3) is 0.188. The molecular formula is C16H15N9O3. The molecule has 3 heterocycles. The molecule has 4 rings (SSSR count). The number of ether oxygens (including phenoxy) is 1. The third kappa shape index (κ3) is 3.30. The summed E-state index contributed by atoms with van der Waals surface area (Å²) < 4.78 is 14.8. The molecule has 0 unspecified atom stereocenters. The van der Waals surface area contributed by atoms with Crippen molar-refractivity contribution in [2.75, 3.05) is 17.9 Å². The van der Waals surface area contributed by atoms with Gasteiger partial charge in [0.05, 0.1) is 18.5 Å². The molecule has 0 saturated heterocycles. The van der Waals surface area contributed by atoms with E-state index in [1.807, 2.05) is 24.3 Å². The van der Waals surface area contributed by atoms with Gasteiger partial charge in [0.2, 0.25) is 11.3 Å². The zero-order valence-electron chi connectivity index (χ0n) is 15.2. The minimum absolute atomic E-state index is 0.236. The number of fused-ring (bicyclic) bond motifs is 1. The van der Waals surface area contributed by atoms with Crippen molar-refractivity contribution in [3.05, 3.63) is 35.7 Å². The smallest absolute Gasteiger partial charge is 0.245 e. The monoisotopic (exact) mass is 381 g/mol. The first-order valence-corrected chi connectivity index (χ1v) is 8.16. The highest BCUT2D eigenvalue weighted by molar-refractivity contribution is 5.98. The number of anilines is 3. The Morgan fingerprint density at radius 2 is 1.71 bits per heavy atom. The van der Waals surface area contributed by atoms with Crippen LogP contribution in [0.15, 0.2) is 38.6 Å². The highest BCUT2D eigenvalue weighted by Crippen LogP contribution is 2.29. The number of aromatic nitrogens is 6. The molecule has 0 bridgehead atoms. The third-order valence-electron chi connectivity index (χ3n) is 3.80. The Bertz CT molecular complexity index is 1150. The zero-order chi connectivity index (χ0) is 19.5. The number of nitrogens with one attached hydrogen (secondary N) is 2. The number of aryl methyl sites for hydroxylation is 1. The summed E-state index contributed by atoms with van der Waals surface area (Å²) in [5.41, 5.74) is 5.75. The Hall–Kier alpha value is -4.09. The molecule has 0 aliphatic heterocycles. The van der Waals surface area contributed by atoms with Crippen molar-refractivity contribution in [1.82, 2.24) is 30.6 Å². The summed E-state index contributed by atoms with van der Waals surface area (Å²) in [6.45, 7) is 3.53. The van der Waals surface area contributed by atoms with E-state index in [9.17, 15) is 0 Å². The van der Waals surface area contributed by atoms with Crippen molar-refractivity contribution in [3.8, 4) is 5.75 Å². The predicted octanol–water partition coefficient (Wildman–Crippen LogP) is 2.29. The number of para-hydroxylation sites is 2. The molecule has 28 heavy (non-hydrogen) atoms. The second kappa shape index (κ2) is 7.26. The van der Waals surface area contributed by atoms with Crippen molar-refractivity contribution in [1.29, 1.82) is 0 Å². The van der Waals surface area contributed by atoms with Gasteiger partial charge in [-0.2, -0.15) is 10.1 Å². The van der Waals surface area contributed by atoms with E-state index in [1.165, 1.54) is 0 Å². The lowest BCUT2D eigenvalue weighted by atomic mass is 10.2. The van der Waals surface area contributed by atoms with Crippen LogP contribution in [0.3, 0.4) is 0 Å². The van der Waals surface area contributed by atoms with E-state index in [2.05, 4.69) is 46.4 Å². The van der Waals surface area contributed by atoms with Crippen LogP contribution in [0.4, 0.5) is 17.3 Å². The van der Waals surface area contributed by atoms with Gasteiger partial charge in [-0.15, -0.1) is 0 Å². The van der Waals surface area contributed by atoms with Gasteiger partial charge in [0.15, 0.2) is 17.3 Å². The van der Waals surface area contributed by atoms with Gasteiger partial charge in [-0.25, -0.2) is 14.2 Å². The fourth-order valence-corrected chi connectivity index (χ4v) is 2.43. The van der Waals surface area contributed by atoms with Crippen molar-refractivity contribution in [2.45, 2.75) is 13.8 Å². The maximum Gasteiger partial charge on any atom is 0.245 e. The minimum atomic E-state index is 0.236. The Morgan fingerprint density at radius 1 is 1.00 bits per heavy atom. The first-order valence-electron chi connectivity index (χ1n) is 8.16. The second-order valence-electron chi connectivity index (χ2n) is 5.66. The molecule has 0 fully saturated rings. The summed E-state index contributed by atoms with van der Waals surface area (Å²) in [5.74, 6) is 1.31. The molecule has 0 saturated carbocycles. The van der Waals surface area contributed by atoms with Crippen molar-refractivity contribution in [2.24, 2.45) is 5.10 Å². The fourth-order valence-electron chi connectivity index (χ4n) is 2.43. The topological polar surface area (TPSA) is 149 Å². The molecule has 12 heteroatoms. The summed E-state index contributed by atoms with van der Waals surface area (Å²) in [7, 11) is 1.58. The number of nitrogens with zero attached hydrogens (tertiary/aromatic N) is 7. The highest BCUT2D eigenvalue weighted by atomic mass is 16.6. The lowest BCUT2D eigenvalue weighted by Gasteiger charge is -2.12. The summed E-state index contributed by atoms with van der Waals surface area (Å²) in [4.78, 5) is 8.74. The second-order valence-corrected chi connectivity index (χ2v) is 5.66. The van der Waals surface area contributed by atoms with Crippen molar-refractivity contribution < 1.29 is 14.0 Å². The van der Waals surface area contributed by atoms with Crippen LogP contribution < -0.4 is 15.5 Å². The third-order valence-corrected chi connectivity index (χ3v) is 3.80. The Morgan fingerprint density at radius 3 is 2.43 bits per heavy atom. The number of methoxy groups -OCH3 is 1. The van der Waals surface area contributed by atoms with E-state index in [1.54, 1.807) is 21.0 Å². The van der Waals surface area contributed by atoms with Gasteiger partial charge in [-0.05, 0) is 41.5 Å². The largest absolute Gasteiger partial charge is 0.495 e. The van der Waals surface area contributed by atoms with E-state index in [0.29, 0.717) is 40.2 Å². The molecule has 0 radical (unpaired) electrons. The van der Waals surface area contributed by atoms with E-state index in [-0.39, 0.29) is 11.3 Å². The first kappa shape index (κ1) is 17.3. The van der Waals surface area contributed by atoms with Gasteiger partial charge in [0.1, 0.15) is 11.4 Å². The number of hydrogen-bond acceptors (Lipinski definition) is 12. The summed E-state index contributed by atoms with van der Waals surface area (Å²) in [6.07, 6.45) is 0. The van der Waals surface area contributed by atoms with E-state index >= 15 is 0 Å². The Balaban J connectivity index is 1.70. The molecule has 3 aromatic heterocycles. The quantitative estimate of drug-likeness (QED) is 0.374. The summed E-state index contributed by atoms with van der Waals surface area (Å²) in [6, 6.07) is 7.39. The van der Waals surface area contributed by atoms with Gasteiger partial charge in [-0.1, -0.05) is 17.3 Å². The zero-order valence-corrected chi connectivity index (χ0v) is 15.2. The van der Waals surface area contributed by atoms with Crippen LogP contribution in [0, 0.1) is 6.92 Å². The number of hydrazone groups is 1. The van der Waals surface area contributed by atoms with Crippen LogP contribution in [-0.2, 0) is 0 Å². The van der Waals surface area contributed by atoms with Gasteiger partial charge < -0.3 is 10.1 Å². The molecule has 2 N–H and O–H groups in total. The van der Waals surface area contributed by atoms with Crippen molar-refractivity contribution in [3.63, 3.8) is 0 Å². The molecular weight excluding hydrogens is 366 g/mol. The van der Waals surface area contributed by atoms with Crippen LogP contribution in [0.2, 0.25) is 0 Å². The van der Waals surface area contributed by atoms with Gasteiger partial charge in [0, 0.05) is 0 Å². The lowest BCUT2D eigenvalue weighted by Crippen LogP contribution is -2.07. The lowest BCUT2D eigenvalue weighted by molar-refractivity contribution is 0.304. The minimum Gasteiger partial charge on any atom is -0.495 e. The van der Waals surface area contributed by atoms with E-state index < -0.39 is 0 Å². The molecule has 1 aromatic carbocycles. The van der Waals surface area contributed by atoms with Crippen LogP contribution in [0.1, 0.15) is 18.3 Å². The predicted molar refractivity (Wildman–Crippen MR) is 98.5 cm³/mol. The maximum absolute atomic E-state index is 5.36. The van der Waals surface area contributed by atoms with Crippen LogP contribution in [0.25, 0.3) is 11.3 Å². The van der Waals surface area contributed by atoms with Gasteiger partial charge >= 0.3 is 0 Å². The summed E-state index contributed by atoms with van der Waals surface area (Å²) in [5, 5.41) is 22.4. The normalized spacial score (nSPS) is 11.6. The Kier molecular flexibility index (Phi) is 4.50. The van der Waals surface area contributed by atoms with Crippen LogP contribution in [-0.4, -0.2) is 43.4 Å². The number of benzene rings is 1. The van der Waals surface area contributed by atoms with Gasteiger partial charge in [-0.3, -0.25) is 5.43 Å². The summed E-state index contributed by atoms with van der Waals surface area (Å²) >= 11 is 0. The standard InChI is InChI=1S/C16H15N9O3/c1-8(12-9(2)22-27-23-12)20-21-14-13(18-15-16(19-14)25-28-24-15)17-10-6-4-5-7-11(10)26-3/h4-7H,1-3H3,(H,17,18,24)(H,19,21,25)/b20-8+. The molecule has 0 amide bonds. The average molecular weight is 381 g/mol. The van der Waals surface area contributed by atoms with Crippen LogP contribution in [0.5, 0.6) is 5.75 Å². The molecule has 0 atom stereocenters. The average Bonchev–Trinajstić information content (AvgIpc) is 3.34. The van der Waals surface area contributed by atoms with E-state index in [0.717, 1.165) is 0 Å². The molecule has 4 aromatic rings. The molecule has 12 nitrogen and oxygen atoms in total. The molecule has 142 valence electrons. The van der Waals surface area contributed by atoms with Gasteiger partial charge in [0.25, 0.3) is 0 Å². The Labute approximate surface area is 157 Å². The van der Waals surface area contributed by atoms with Crippen molar-refractivity contribution >= 4 is 34.3 Å². The van der Waals surface area contributed by atoms with E-state index in [4.69, 9.17) is 14.0 Å². The first-order chi connectivity index (χ1) is 13.7. The molecule has 0 spiro atoms. The maximum atomic E-state index is 5.36. The highest BCUT2D eigenvalue weighted by Gasteiger charge is 2.15. The molecule has 0 aliphatic rings. The van der Waals surface area contributed by atoms with Crippen LogP contribution >= 0.6 is 0 Å². The number of hydrogen-bond donors (Lipinski definition) is 2. The SMILES string of the molecule is COc1ccccc1Nc1nc2nonc2nc1N/N=C(\C)c1nonc1C.